The van der Waals surface area contributed by atoms with E-state index in [0.29, 0.717) is 5.82 Å². The van der Waals surface area contributed by atoms with Crippen molar-refractivity contribution in [1.29, 1.82) is 0 Å². The van der Waals surface area contributed by atoms with Gasteiger partial charge in [-0.25, -0.2) is 9.66 Å². The van der Waals surface area contributed by atoms with E-state index in [-0.39, 0.29) is 11.0 Å². The van der Waals surface area contributed by atoms with Gasteiger partial charge in [0.25, 0.3) is 5.56 Å². The second-order valence-corrected chi connectivity index (χ2v) is 8.42. The molecule has 0 aliphatic heterocycles. The van der Waals surface area contributed by atoms with Crippen molar-refractivity contribution < 1.29 is 0 Å². The van der Waals surface area contributed by atoms with Crippen LogP contribution in [0.1, 0.15) is 47.9 Å². The van der Waals surface area contributed by atoms with Gasteiger partial charge in [-0.3, -0.25) is 4.79 Å². The van der Waals surface area contributed by atoms with Crippen LogP contribution in [0, 0.1) is 13.8 Å². The first-order chi connectivity index (χ1) is 13.5. The monoisotopic (exact) mass is 371 g/mol. The van der Waals surface area contributed by atoms with Crippen LogP contribution >= 0.6 is 0 Å². The Labute approximate surface area is 165 Å². The van der Waals surface area contributed by atoms with Crippen LogP contribution in [-0.2, 0) is 11.8 Å². The van der Waals surface area contributed by atoms with Gasteiger partial charge in [-0.05, 0) is 49.8 Å². The highest BCUT2D eigenvalue weighted by molar-refractivity contribution is 5.77. The minimum Gasteiger partial charge on any atom is -0.334 e. The Morgan fingerprint density at radius 3 is 2.39 bits per heavy atom. The van der Waals surface area contributed by atoms with E-state index in [4.69, 9.17) is 10.8 Å². The molecule has 0 amide bonds. The third kappa shape index (κ3) is 2.30. The maximum Gasteiger partial charge on any atom is 0.276 e. The van der Waals surface area contributed by atoms with E-state index >= 15 is 0 Å². The average Bonchev–Trinajstić information content (AvgIpc) is 3.16. The molecule has 4 heteroatoms. The third-order valence-electron chi connectivity index (χ3n) is 6.75. The molecule has 1 spiro atoms. The highest BCUT2D eigenvalue weighted by Gasteiger charge is 2.45. The molecule has 4 nitrogen and oxygen atoms in total. The minimum absolute atomic E-state index is 0.0858. The highest BCUT2D eigenvalue weighted by atomic mass is 16.1. The fourth-order valence-electron chi connectivity index (χ4n) is 5.32. The summed E-state index contributed by atoms with van der Waals surface area (Å²) in [7, 11) is 0. The summed E-state index contributed by atoms with van der Waals surface area (Å²) in [5, 5.41) is 0. The summed E-state index contributed by atoms with van der Waals surface area (Å²) in [5.74, 6) is 6.85. The molecule has 5 rings (SSSR count). The van der Waals surface area contributed by atoms with E-state index in [1.807, 2.05) is 30.3 Å². The van der Waals surface area contributed by atoms with Gasteiger partial charge in [0.15, 0.2) is 5.82 Å². The molecule has 2 N–H and O–H groups in total. The van der Waals surface area contributed by atoms with Gasteiger partial charge in [0.1, 0.15) is 0 Å². The Kier molecular flexibility index (Phi) is 3.73. The molecule has 3 aromatic rings. The maximum absolute atomic E-state index is 13.6. The number of fused-ring (bicyclic) bond motifs is 4. The van der Waals surface area contributed by atoms with E-state index in [1.54, 1.807) is 0 Å². The summed E-state index contributed by atoms with van der Waals surface area (Å²) in [6.45, 7) is 4.29. The van der Waals surface area contributed by atoms with Crippen LogP contribution in [0.2, 0.25) is 0 Å². The van der Waals surface area contributed by atoms with Gasteiger partial charge in [-0.2, -0.15) is 0 Å². The van der Waals surface area contributed by atoms with Crippen LogP contribution in [0.4, 0.5) is 0 Å². The zero-order valence-electron chi connectivity index (χ0n) is 16.5. The maximum atomic E-state index is 13.6. The Bertz CT molecular complexity index is 1140. The largest absolute Gasteiger partial charge is 0.334 e. The van der Waals surface area contributed by atoms with Gasteiger partial charge < -0.3 is 5.84 Å². The van der Waals surface area contributed by atoms with Gasteiger partial charge in [-0.15, -0.1) is 0 Å². The molecule has 2 aromatic carbocycles. The molecule has 0 bridgehead atoms. The van der Waals surface area contributed by atoms with E-state index in [2.05, 4.69) is 26.0 Å². The SMILES string of the molecule is Cc1ccc(C)c2c1CC1(CCCC1)c1c-2nc(-c2ccccc2)n(N)c1=O. The molecule has 0 saturated heterocycles. The summed E-state index contributed by atoms with van der Waals surface area (Å²) in [6.07, 6.45) is 5.31. The second kappa shape index (κ2) is 6.06. The van der Waals surface area contributed by atoms with Crippen LogP contribution < -0.4 is 11.4 Å². The normalized spacial score (nSPS) is 16.8. The number of nitrogens with zero attached hydrogens (tertiary/aromatic N) is 2. The Morgan fingerprint density at radius 2 is 1.68 bits per heavy atom. The number of benzene rings is 2. The van der Waals surface area contributed by atoms with Crippen LogP contribution in [0.25, 0.3) is 22.6 Å². The van der Waals surface area contributed by atoms with Gasteiger partial charge in [-0.1, -0.05) is 55.3 Å². The highest BCUT2D eigenvalue weighted by Crippen LogP contribution is 2.51. The summed E-state index contributed by atoms with van der Waals surface area (Å²) in [5.41, 5.74) is 7.31. The first-order valence-electron chi connectivity index (χ1n) is 10.1. The standard InChI is InChI=1S/C24H25N3O/c1-15-10-11-16(2)19-18(15)14-24(12-6-7-13-24)20-21(19)26-22(27(25)23(20)28)17-8-4-3-5-9-17/h3-5,8-11H,6-7,12-14,25H2,1-2H3. The lowest BCUT2D eigenvalue weighted by Crippen LogP contribution is -2.42. The molecule has 1 fully saturated rings. The molecule has 142 valence electrons. The van der Waals surface area contributed by atoms with Gasteiger partial charge in [0, 0.05) is 16.5 Å². The molecule has 0 radical (unpaired) electrons. The fraction of sp³-hybridized carbons (Fsp3) is 0.333. The molecular weight excluding hydrogens is 346 g/mol. The number of aryl methyl sites for hydroxylation is 2. The Hall–Kier alpha value is -2.88. The Balaban J connectivity index is 1.90. The van der Waals surface area contributed by atoms with Crippen LogP contribution in [0.3, 0.4) is 0 Å². The zero-order chi connectivity index (χ0) is 19.5. The predicted molar refractivity (Wildman–Crippen MR) is 113 cm³/mol. The molecule has 0 unspecified atom stereocenters. The zero-order valence-corrected chi connectivity index (χ0v) is 16.5. The van der Waals surface area contributed by atoms with Crippen molar-refractivity contribution in [2.75, 3.05) is 5.84 Å². The molecule has 28 heavy (non-hydrogen) atoms. The molecular formula is C24H25N3O. The van der Waals surface area contributed by atoms with Crippen molar-refractivity contribution in [2.24, 2.45) is 0 Å². The van der Waals surface area contributed by atoms with E-state index in [0.717, 1.165) is 54.5 Å². The molecule has 2 aliphatic rings. The number of hydrogen-bond acceptors (Lipinski definition) is 3. The third-order valence-corrected chi connectivity index (χ3v) is 6.75. The Morgan fingerprint density at radius 1 is 1.00 bits per heavy atom. The summed E-state index contributed by atoms with van der Waals surface area (Å²) >= 11 is 0. The fourth-order valence-corrected chi connectivity index (χ4v) is 5.32. The van der Waals surface area contributed by atoms with Crippen molar-refractivity contribution in [2.45, 2.75) is 51.4 Å². The quantitative estimate of drug-likeness (QED) is 0.650. The molecule has 1 heterocycles. The predicted octanol–water partition coefficient (Wildman–Crippen LogP) is 4.28. The number of hydrogen-bond donors (Lipinski definition) is 1. The number of nitrogens with two attached hydrogens (primary N) is 1. The first-order valence-corrected chi connectivity index (χ1v) is 10.1. The van der Waals surface area contributed by atoms with Crippen molar-refractivity contribution in [3.8, 4) is 22.6 Å². The smallest absolute Gasteiger partial charge is 0.276 e. The van der Waals surface area contributed by atoms with Crippen LogP contribution in [0.15, 0.2) is 47.3 Å². The molecule has 1 aromatic heterocycles. The van der Waals surface area contributed by atoms with Gasteiger partial charge >= 0.3 is 0 Å². The average molecular weight is 371 g/mol. The van der Waals surface area contributed by atoms with E-state index in [1.165, 1.54) is 21.4 Å². The number of nitrogen functional groups attached to an aromatic ring is 1. The van der Waals surface area contributed by atoms with Crippen molar-refractivity contribution in [1.82, 2.24) is 9.66 Å². The first kappa shape index (κ1) is 17.2. The molecule has 0 atom stereocenters. The van der Waals surface area contributed by atoms with E-state index < -0.39 is 0 Å². The molecule has 2 aliphatic carbocycles. The van der Waals surface area contributed by atoms with Gasteiger partial charge in [0.05, 0.1) is 11.3 Å². The number of rotatable bonds is 1. The second-order valence-electron chi connectivity index (χ2n) is 8.42. The summed E-state index contributed by atoms with van der Waals surface area (Å²) < 4.78 is 1.27. The van der Waals surface area contributed by atoms with Gasteiger partial charge in [0.2, 0.25) is 0 Å². The topological polar surface area (TPSA) is 60.9 Å². The van der Waals surface area contributed by atoms with Crippen LogP contribution in [0.5, 0.6) is 0 Å². The van der Waals surface area contributed by atoms with Crippen molar-refractivity contribution >= 4 is 0 Å². The number of aromatic nitrogens is 2. The lowest BCUT2D eigenvalue weighted by molar-refractivity contribution is 0.423. The minimum atomic E-state index is -0.124. The summed E-state index contributed by atoms with van der Waals surface area (Å²) in [6, 6.07) is 14.1. The van der Waals surface area contributed by atoms with Crippen molar-refractivity contribution in [3.05, 3.63) is 75.1 Å². The lowest BCUT2D eigenvalue weighted by Gasteiger charge is -2.37. The lowest BCUT2D eigenvalue weighted by atomic mass is 9.67. The summed E-state index contributed by atoms with van der Waals surface area (Å²) in [4.78, 5) is 18.6. The van der Waals surface area contributed by atoms with Crippen molar-refractivity contribution in [3.63, 3.8) is 0 Å². The van der Waals surface area contributed by atoms with E-state index in [9.17, 15) is 4.79 Å². The van der Waals surface area contributed by atoms with Crippen LogP contribution in [-0.4, -0.2) is 9.66 Å². The molecule has 1 saturated carbocycles.